The largest absolute Gasteiger partial charge is 0.480 e. The number of likely N-dealkylation sites (tertiary alicyclic amines) is 1. The monoisotopic (exact) mass is 269 g/mol. The van der Waals surface area contributed by atoms with Gasteiger partial charge in [-0.15, -0.1) is 3.89 Å². The lowest BCUT2D eigenvalue weighted by Crippen LogP contribution is -2.49. The van der Waals surface area contributed by atoms with Crippen LogP contribution in [0, 0.1) is 0 Å². The summed E-state index contributed by atoms with van der Waals surface area (Å²) in [5.74, 6) is -2.27. The molecule has 0 spiro atoms. The molecule has 3 unspecified atom stereocenters. The molecule has 1 aliphatic heterocycles. The van der Waals surface area contributed by atoms with Crippen LogP contribution in [0.5, 0.6) is 0 Å². The molecule has 0 aromatic heterocycles. The van der Waals surface area contributed by atoms with Crippen LogP contribution in [0.3, 0.4) is 0 Å². The van der Waals surface area contributed by atoms with Crippen LogP contribution in [-0.2, 0) is 19.8 Å². The zero-order valence-electron chi connectivity index (χ0n) is 8.91. The van der Waals surface area contributed by atoms with E-state index >= 15 is 0 Å². The van der Waals surface area contributed by atoms with Crippen molar-refractivity contribution in [2.45, 2.75) is 30.7 Å². The van der Waals surface area contributed by atoms with Gasteiger partial charge in [-0.25, -0.2) is 4.79 Å². The summed E-state index contributed by atoms with van der Waals surface area (Å²) in [7, 11) is -4.89. The minimum absolute atomic E-state index is 0.556. The summed E-state index contributed by atoms with van der Waals surface area (Å²) in [6, 6.07) is -1.56. The first kappa shape index (κ1) is 13.8. The van der Waals surface area contributed by atoms with Gasteiger partial charge in [-0.1, -0.05) is 0 Å². The van der Waals surface area contributed by atoms with Crippen LogP contribution in [0.4, 0.5) is 3.89 Å². The minimum Gasteiger partial charge on any atom is -0.480 e. The van der Waals surface area contributed by atoms with Gasteiger partial charge in [-0.05, 0) is 6.92 Å². The Kier molecular flexibility index (Phi) is 3.72. The zero-order valence-corrected chi connectivity index (χ0v) is 9.72. The highest BCUT2D eigenvalue weighted by Gasteiger charge is 2.44. The molecule has 1 amide bonds. The van der Waals surface area contributed by atoms with E-state index in [-0.39, 0.29) is 0 Å². The van der Waals surface area contributed by atoms with E-state index in [0.29, 0.717) is 4.90 Å². The summed E-state index contributed by atoms with van der Waals surface area (Å²) in [5.41, 5.74) is 0. The molecule has 3 atom stereocenters. The van der Waals surface area contributed by atoms with E-state index in [1.54, 1.807) is 0 Å². The van der Waals surface area contributed by atoms with Crippen molar-refractivity contribution in [1.29, 1.82) is 0 Å². The maximum Gasteiger partial charge on any atom is 0.329 e. The SMILES string of the molecule is CC(O)C(C(=O)O)N1CC(S(=O)(=O)F)CC1=O. The second-order valence-electron chi connectivity index (χ2n) is 3.87. The molecule has 7 nitrogen and oxygen atoms in total. The van der Waals surface area contributed by atoms with Crippen molar-refractivity contribution in [3.63, 3.8) is 0 Å². The smallest absolute Gasteiger partial charge is 0.329 e. The van der Waals surface area contributed by atoms with Gasteiger partial charge in [-0.2, -0.15) is 8.42 Å². The van der Waals surface area contributed by atoms with E-state index in [9.17, 15) is 27.0 Å². The molecule has 1 aliphatic rings. The van der Waals surface area contributed by atoms with Gasteiger partial charge in [-0.3, -0.25) is 4.79 Å². The van der Waals surface area contributed by atoms with Crippen LogP contribution in [0.15, 0.2) is 0 Å². The van der Waals surface area contributed by atoms with Crippen LogP contribution in [0.25, 0.3) is 0 Å². The van der Waals surface area contributed by atoms with Gasteiger partial charge in [0.1, 0.15) is 5.25 Å². The molecule has 17 heavy (non-hydrogen) atoms. The normalized spacial score (nSPS) is 24.8. The second kappa shape index (κ2) is 4.57. The Morgan fingerprint density at radius 2 is 2.12 bits per heavy atom. The van der Waals surface area contributed by atoms with Gasteiger partial charge in [0, 0.05) is 13.0 Å². The third-order valence-corrected chi connectivity index (χ3v) is 3.68. The lowest BCUT2D eigenvalue weighted by atomic mass is 10.1. The Balaban J connectivity index is 2.94. The third kappa shape index (κ3) is 2.91. The molecular weight excluding hydrogens is 257 g/mol. The summed E-state index contributed by atoms with van der Waals surface area (Å²) in [6.07, 6.45) is -1.98. The first-order valence-corrected chi connectivity index (χ1v) is 6.23. The van der Waals surface area contributed by atoms with Gasteiger partial charge in [0.2, 0.25) is 5.91 Å². The number of aliphatic hydroxyl groups is 1. The van der Waals surface area contributed by atoms with Crippen molar-refractivity contribution in [1.82, 2.24) is 4.90 Å². The molecule has 0 aromatic rings. The number of hydrogen-bond acceptors (Lipinski definition) is 5. The number of aliphatic carboxylic acids is 1. The van der Waals surface area contributed by atoms with Crippen LogP contribution in [0.1, 0.15) is 13.3 Å². The Hall–Kier alpha value is -1.22. The number of carboxylic acid groups (broad SMARTS) is 1. The Morgan fingerprint density at radius 3 is 2.41 bits per heavy atom. The molecule has 0 aliphatic carbocycles. The van der Waals surface area contributed by atoms with Crippen molar-refractivity contribution in [3.8, 4) is 0 Å². The Labute approximate surface area is 97.0 Å². The first-order valence-electron chi connectivity index (χ1n) is 4.78. The fourth-order valence-corrected chi connectivity index (χ4v) is 2.44. The van der Waals surface area contributed by atoms with Crippen molar-refractivity contribution >= 4 is 22.1 Å². The predicted octanol–water partition coefficient (Wildman–Crippen LogP) is -1.28. The first-order chi connectivity index (χ1) is 7.64. The van der Waals surface area contributed by atoms with Crippen molar-refractivity contribution in [2.75, 3.05) is 6.54 Å². The number of aliphatic hydroxyl groups excluding tert-OH is 1. The minimum atomic E-state index is -4.89. The zero-order chi connectivity index (χ0) is 13.4. The van der Waals surface area contributed by atoms with E-state index < -0.39 is 52.5 Å². The highest BCUT2D eigenvalue weighted by Crippen LogP contribution is 2.23. The molecule has 0 saturated carbocycles. The number of carboxylic acids is 1. The average molecular weight is 269 g/mol. The third-order valence-electron chi connectivity index (χ3n) is 2.57. The van der Waals surface area contributed by atoms with Crippen molar-refractivity contribution < 1.29 is 32.1 Å². The summed E-state index contributed by atoms with van der Waals surface area (Å²) in [4.78, 5) is 22.9. The summed E-state index contributed by atoms with van der Waals surface area (Å²) in [6.45, 7) is 0.600. The highest BCUT2D eigenvalue weighted by molar-refractivity contribution is 7.87. The lowest BCUT2D eigenvalue weighted by molar-refractivity contribution is -0.152. The van der Waals surface area contributed by atoms with Crippen LogP contribution in [0.2, 0.25) is 0 Å². The van der Waals surface area contributed by atoms with E-state index in [1.807, 2.05) is 0 Å². The molecular formula is C8H12FNO6S. The van der Waals surface area contributed by atoms with E-state index in [2.05, 4.69) is 0 Å². The molecule has 2 N–H and O–H groups in total. The predicted molar refractivity (Wildman–Crippen MR) is 53.3 cm³/mol. The highest BCUT2D eigenvalue weighted by atomic mass is 32.3. The number of hydrogen-bond donors (Lipinski definition) is 2. The van der Waals surface area contributed by atoms with E-state index in [4.69, 9.17) is 5.11 Å². The molecule has 0 radical (unpaired) electrons. The molecule has 1 heterocycles. The average Bonchev–Trinajstić information content (AvgIpc) is 2.46. The van der Waals surface area contributed by atoms with Gasteiger partial charge < -0.3 is 15.1 Å². The summed E-state index contributed by atoms with van der Waals surface area (Å²) in [5, 5.41) is 16.5. The molecule has 0 bridgehead atoms. The molecule has 98 valence electrons. The number of halogens is 1. The van der Waals surface area contributed by atoms with Gasteiger partial charge in [0.15, 0.2) is 6.04 Å². The van der Waals surface area contributed by atoms with E-state index in [0.717, 1.165) is 6.92 Å². The number of amides is 1. The van der Waals surface area contributed by atoms with Gasteiger partial charge in [0.25, 0.3) is 0 Å². The number of carbonyl (C=O) groups is 2. The second-order valence-corrected chi connectivity index (χ2v) is 5.49. The molecule has 1 rings (SSSR count). The lowest BCUT2D eigenvalue weighted by Gasteiger charge is -2.26. The number of carbonyl (C=O) groups excluding carboxylic acids is 1. The topological polar surface area (TPSA) is 112 Å². The van der Waals surface area contributed by atoms with Crippen LogP contribution < -0.4 is 0 Å². The van der Waals surface area contributed by atoms with E-state index in [1.165, 1.54) is 0 Å². The number of rotatable bonds is 4. The fourth-order valence-electron chi connectivity index (χ4n) is 1.76. The number of nitrogens with zero attached hydrogens (tertiary/aromatic N) is 1. The maximum atomic E-state index is 12.7. The summed E-state index contributed by atoms with van der Waals surface area (Å²) >= 11 is 0. The van der Waals surface area contributed by atoms with Gasteiger partial charge in [0.05, 0.1) is 6.10 Å². The standard InChI is InChI=1S/C8H12FNO6S/c1-4(11)7(8(13)14)10-3-5(2-6(10)12)17(9,15)16/h4-5,7,11H,2-3H2,1H3,(H,13,14). The van der Waals surface area contributed by atoms with Gasteiger partial charge >= 0.3 is 16.2 Å². The fraction of sp³-hybridized carbons (Fsp3) is 0.750. The molecule has 9 heteroatoms. The summed E-state index contributed by atoms with van der Waals surface area (Å²) < 4.78 is 34.0. The Morgan fingerprint density at radius 1 is 1.59 bits per heavy atom. The molecule has 1 fully saturated rings. The van der Waals surface area contributed by atoms with Crippen molar-refractivity contribution in [3.05, 3.63) is 0 Å². The Bertz CT molecular complexity index is 433. The maximum absolute atomic E-state index is 12.7. The van der Waals surface area contributed by atoms with Crippen LogP contribution >= 0.6 is 0 Å². The van der Waals surface area contributed by atoms with Crippen molar-refractivity contribution in [2.24, 2.45) is 0 Å². The van der Waals surface area contributed by atoms with Crippen LogP contribution in [-0.4, -0.2) is 59.3 Å². The quantitative estimate of drug-likeness (QED) is 0.615. The molecule has 1 saturated heterocycles. The molecule has 0 aromatic carbocycles.